The van der Waals surface area contributed by atoms with Gasteiger partial charge in [0, 0.05) is 43.3 Å². The number of carboxylic acids is 1. The number of Topliss-reactive ketones (excluding diaryl/α,β-unsaturated/α-hetero) is 2. The molecule has 17 fully saturated rings. The lowest BCUT2D eigenvalue weighted by Gasteiger charge is -2.72. The van der Waals surface area contributed by atoms with E-state index in [1.165, 1.54) is 178 Å². The Hall–Kier alpha value is -2.84. The fourth-order valence-corrected chi connectivity index (χ4v) is 40.8. The second-order valence-electron chi connectivity index (χ2n) is 54.3. The van der Waals surface area contributed by atoms with E-state index < -0.39 is 11.4 Å². The van der Waals surface area contributed by atoms with Gasteiger partial charge in [-0.2, -0.15) is 0 Å². The van der Waals surface area contributed by atoms with E-state index in [2.05, 4.69) is 178 Å². The molecule has 34 atom stereocenters. The van der Waals surface area contributed by atoms with E-state index in [1.54, 1.807) is 11.1 Å². The number of aliphatic hydroxyl groups is 1. The highest BCUT2D eigenvalue weighted by Gasteiger charge is 2.76. The quantitative estimate of drug-likeness (QED) is 0.123. The molecule has 0 aromatic carbocycles. The lowest BCUT2D eigenvalue weighted by Crippen LogP contribution is -2.66. The Morgan fingerprint density at radius 2 is 0.849 bits per heavy atom. The van der Waals surface area contributed by atoms with Crippen LogP contribution in [0.5, 0.6) is 0 Å². The van der Waals surface area contributed by atoms with Crippen molar-refractivity contribution >= 4 is 23.5 Å². The molecule has 710 valence electrons. The Labute approximate surface area is 771 Å². The van der Waals surface area contributed by atoms with Crippen LogP contribution in [0.2, 0.25) is 0 Å². The summed E-state index contributed by atoms with van der Waals surface area (Å²) in [6.07, 6.45) is 57.8. The van der Waals surface area contributed by atoms with Gasteiger partial charge in [-0.15, -0.1) is 0 Å². The smallest absolute Gasteiger partial charge is 0.312 e. The number of carbonyl (C=O) groups is 4. The van der Waals surface area contributed by atoms with E-state index in [0.29, 0.717) is 81.1 Å². The summed E-state index contributed by atoms with van der Waals surface area (Å²) in [6.45, 7) is 65.2. The largest absolute Gasteiger partial charge is 0.481 e. The molecule has 1 saturated heterocycles. The summed E-state index contributed by atoms with van der Waals surface area (Å²) in [5, 5.41) is 20.7. The second-order valence-corrected chi connectivity index (χ2v) is 54.3. The fourth-order valence-electron chi connectivity index (χ4n) is 40.8. The highest BCUT2D eigenvalue weighted by atomic mass is 16.5. The van der Waals surface area contributed by atoms with Gasteiger partial charge in [-0.05, 0) is 423 Å². The number of carboxylic acid groups (broad SMARTS) is 1. The van der Waals surface area contributed by atoms with Crippen molar-refractivity contribution in [3.63, 3.8) is 0 Å². The molecule has 18 aliphatic carbocycles. The second kappa shape index (κ2) is 34.8. The minimum Gasteiger partial charge on any atom is -0.481 e. The van der Waals surface area contributed by atoms with E-state index in [9.17, 15) is 24.6 Å². The standard InChI is InChI=1S/C57H90O3.C30H46O3.C27H46O.C4H8O/c1-35(2)14-13-15-37(5)42-18-19-43-41-17-16-38-34-39(22-27-52(38,8)44(41)24-28-53(42,43)9)60-50(59)57-31-23-40(36(3)4)49(57)45-20-21-47-54(10)29-26-48(58)51(6,7)46(54)25-30-56(47,12)55(45,11)32-33-57;1-18(2)19-10-15-30(25(32)33)17-16-28(6)20(24(19)30)8-9-22-27(5)13-12-23(31)26(3,4)21(27)11-14-29(22,28)7;1-18(2)7-6-8-19(3)23-11-12-24-22-10-9-20-17-21(28)13-15-26(20,4)25(22)14-16-27(23,24)5;1-2-4-5-3-1/h16,35,37,39-47,49H,3,13-15,17-34H2,1-2,4-12H3;19-22,24H,1,8-17H2,2-7H3,(H,32,33);9,18-19,21-25,28H,6-8,10-17H2,1-5H3;1-4H2/t37-,39-,40+,41+,42-,43+,44+,45-,46?,47-,49?,52+,53-,54+,55-,56-,57+;19-,20+,21?,22+,24?,27-,28+,29+,30-;19-,21+,22+,23-,24+,25+,26+,27-;/m101./s1. The van der Waals surface area contributed by atoms with E-state index >= 15 is 4.79 Å². The molecule has 0 aromatic rings. The topological polar surface area (TPSA) is 127 Å². The minimum atomic E-state index is -0.547. The van der Waals surface area contributed by atoms with Gasteiger partial charge in [0.25, 0.3) is 0 Å². The fraction of sp³-hybridized carbons (Fsp3) is 0.898. The van der Waals surface area contributed by atoms with Crippen LogP contribution in [-0.2, 0) is 28.7 Å². The van der Waals surface area contributed by atoms with Gasteiger partial charge in [0.2, 0.25) is 0 Å². The number of esters is 1. The molecule has 8 heteroatoms. The molecule has 19 aliphatic rings. The van der Waals surface area contributed by atoms with Crippen LogP contribution in [0, 0.1) is 206 Å². The summed E-state index contributed by atoms with van der Waals surface area (Å²) in [6, 6.07) is 0. The molecule has 0 bridgehead atoms. The lowest BCUT2D eigenvalue weighted by molar-refractivity contribution is -0.237. The molecule has 8 nitrogen and oxygen atoms in total. The van der Waals surface area contributed by atoms with E-state index in [0.717, 1.165) is 200 Å². The number of hydrogen-bond donors (Lipinski definition) is 2. The van der Waals surface area contributed by atoms with Crippen molar-refractivity contribution in [2.24, 2.45) is 206 Å². The van der Waals surface area contributed by atoms with E-state index in [1.807, 2.05) is 0 Å². The first kappa shape index (κ1) is 96.3. The average Bonchev–Trinajstić information content (AvgIpc) is 0.948. The van der Waals surface area contributed by atoms with Gasteiger partial charge < -0.3 is 19.7 Å². The minimum absolute atomic E-state index is 0.0258. The molecule has 0 spiro atoms. The first-order valence-corrected chi connectivity index (χ1v) is 54.6. The monoisotopic (exact) mass is 1740 g/mol. The average molecular weight is 1740 g/mol. The molecule has 4 unspecified atom stereocenters. The van der Waals surface area contributed by atoms with Crippen LogP contribution >= 0.6 is 0 Å². The Bertz CT molecular complexity index is 4080. The highest BCUT2D eigenvalue weighted by Crippen LogP contribution is 2.81. The van der Waals surface area contributed by atoms with Crippen molar-refractivity contribution < 1.29 is 38.9 Å². The first-order valence-electron chi connectivity index (χ1n) is 54.6. The van der Waals surface area contributed by atoms with Crippen LogP contribution in [0.3, 0.4) is 0 Å². The van der Waals surface area contributed by atoms with Crippen LogP contribution < -0.4 is 0 Å². The van der Waals surface area contributed by atoms with Crippen molar-refractivity contribution in [3.8, 4) is 0 Å². The molecule has 1 aliphatic heterocycles. The third-order valence-electron chi connectivity index (χ3n) is 48.1. The van der Waals surface area contributed by atoms with Crippen molar-refractivity contribution in [2.75, 3.05) is 13.2 Å². The van der Waals surface area contributed by atoms with Crippen molar-refractivity contribution in [2.45, 2.75) is 447 Å². The van der Waals surface area contributed by atoms with Gasteiger partial charge in [0.1, 0.15) is 17.7 Å². The number of hydrogen-bond acceptors (Lipinski definition) is 7. The normalized spacial score (nSPS) is 49.3. The Kier molecular flexibility index (Phi) is 26.6. The van der Waals surface area contributed by atoms with Crippen molar-refractivity contribution in [1.29, 1.82) is 0 Å². The van der Waals surface area contributed by atoms with Gasteiger partial charge in [-0.3, -0.25) is 19.2 Å². The van der Waals surface area contributed by atoms with Crippen LogP contribution in [0.4, 0.5) is 0 Å². The predicted molar refractivity (Wildman–Crippen MR) is 518 cm³/mol. The van der Waals surface area contributed by atoms with Crippen LogP contribution in [0.15, 0.2) is 47.6 Å². The highest BCUT2D eigenvalue weighted by molar-refractivity contribution is 5.86. The summed E-state index contributed by atoms with van der Waals surface area (Å²) >= 11 is 0. The number of aliphatic hydroxyl groups excluding tert-OH is 1. The molecule has 1 heterocycles. The third kappa shape index (κ3) is 15.1. The molecule has 0 aromatic heterocycles. The summed E-state index contributed by atoms with van der Waals surface area (Å²) in [5.74, 6) is 15.6. The van der Waals surface area contributed by atoms with Gasteiger partial charge in [-0.25, -0.2) is 0 Å². The number of ketones is 2. The Morgan fingerprint density at radius 3 is 1.28 bits per heavy atom. The molecular formula is C118H190O8. The van der Waals surface area contributed by atoms with E-state index in [-0.39, 0.29) is 78.2 Å². The molecule has 0 amide bonds. The van der Waals surface area contributed by atoms with Crippen LogP contribution in [0.1, 0.15) is 435 Å². The number of fused-ring (bicyclic) bond motifs is 24. The lowest BCUT2D eigenvalue weighted by atomic mass is 9.32. The maximum absolute atomic E-state index is 15.2. The van der Waals surface area contributed by atoms with E-state index in [4.69, 9.17) is 9.47 Å². The zero-order valence-electron chi connectivity index (χ0n) is 85.3. The maximum atomic E-state index is 15.2. The molecule has 19 rings (SSSR count). The number of carbonyl (C=O) groups excluding carboxylic acids is 3. The molecule has 16 saturated carbocycles. The summed E-state index contributed by atoms with van der Waals surface area (Å²) in [4.78, 5) is 54.2. The zero-order chi connectivity index (χ0) is 90.8. The summed E-state index contributed by atoms with van der Waals surface area (Å²) in [5.41, 5.74) is 7.37. The predicted octanol–water partition coefficient (Wildman–Crippen LogP) is 30.6. The van der Waals surface area contributed by atoms with Crippen molar-refractivity contribution in [1.82, 2.24) is 0 Å². The van der Waals surface area contributed by atoms with Crippen LogP contribution in [0.25, 0.3) is 0 Å². The summed E-state index contributed by atoms with van der Waals surface area (Å²) in [7, 11) is 0. The molecule has 126 heavy (non-hydrogen) atoms. The number of aliphatic carboxylic acids is 1. The Morgan fingerprint density at radius 1 is 0.429 bits per heavy atom. The summed E-state index contributed by atoms with van der Waals surface area (Å²) < 4.78 is 11.9. The van der Waals surface area contributed by atoms with Gasteiger partial charge in [0.15, 0.2) is 0 Å². The van der Waals surface area contributed by atoms with Crippen LogP contribution in [-0.4, -0.2) is 59.1 Å². The first-order chi connectivity index (χ1) is 59.2. The Balaban J connectivity index is 0.000000148. The van der Waals surface area contributed by atoms with Gasteiger partial charge in [-0.1, -0.05) is 225 Å². The van der Waals surface area contributed by atoms with Crippen molar-refractivity contribution in [3.05, 3.63) is 47.6 Å². The number of allylic oxidation sites excluding steroid dienone is 4. The maximum Gasteiger partial charge on any atom is 0.312 e. The number of ether oxygens (including phenoxy) is 2. The molecule has 0 radical (unpaired) electrons. The molecule has 2 N–H and O–H groups in total. The molecular weight excluding hydrogens is 1550 g/mol. The van der Waals surface area contributed by atoms with Gasteiger partial charge in [0.05, 0.1) is 16.9 Å². The third-order valence-corrected chi connectivity index (χ3v) is 48.1. The number of rotatable bonds is 15. The SMILES string of the molecule is C1CCOC1.C=C(C)[C@@H]1CC[C@]2(C(=O)O)CC[C@]3(C)[C@H](CC[C@@H]4[C@@]5(C)CCC(=O)C(C)(C)C5CC[C@]43C)C12.C=C(C)[C@@H]1CC[C@]2(C(=O)O[C@@H]3CC[C@@]4(C)C(=CC[C@H]5[C@@H]6CC[C@H]([C@H](C)CCCC(C)C)[C@@]6(C)CC[C@@H]54)C3)CC[C@]3(C)[C@H](CC[C@@H]4[C@@]5(C)CCC(=O)C(C)(C)C5CC[C@]43C)C12.CC(C)CCC[C@@H](C)[C@H]1CC[C@H]2[C@@H]3CC=C4C[C@@H](O)CC[C@]4(C)[C@H]3CC[C@]12C. The zero-order valence-corrected chi connectivity index (χ0v) is 85.3. The van der Waals surface area contributed by atoms with Gasteiger partial charge >= 0.3 is 11.9 Å².